The highest BCUT2D eigenvalue weighted by Crippen LogP contribution is 2.30. The quantitative estimate of drug-likeness (QED) is 0.585. The molecule has 4 rings (SSSR count). The Morgan fingerprint density at radius 3 is 2.48 bits per heavy atom. The highest BCUT2D eigenvalue weighted by molar-refractivity contribution is 5.93. The molecule has 0 bridgehead atoms. The molecule has 4 aromatic rings. The molecule has 5 nitrogen and oxygen atoms in total. The maximum absolute atomic E-state index is 13.6. The van der Waals surface area contributed by atoms with Crippen LogP contribution in [0, 0.1) is 17.1 Å². The van der Waals surface area contributed by atoms with E-state index in [1.54, 1.807) is 16.7 Å². The molecule has 0 radical (unpaired) electrons. The lowest BCUT2D eigenvalue weighted by molar-refractivity contribution is 0.627. The number of benzene rings is 2. The molecule has 0 aliphatic carbocycles. The summed E-state index contributed by atoms with van der Waals surface area (Å²) in [6.45, 7) is 0. The number of nitrogens with two attached hydrogens (primary N) is 1. The van der Waals surface area contributed by atoms with Gasteiger partial charge in [0.05, 0.1) is 16.7 Å². The van der Waals surface area contributed by atoms with Crippen molar-refractivity contribution in [3.8, 4) is 11.8 Å². The number of rotatable bonds is 1. The van der Waals surface area contributed by atoms with E-state index in [2.05, 4.69) is 16.0 Å². The van der Waals surface area contributed by atoms with Crippen LogP contribution in [0.2, 0.25) is 0 Å². The second-order valence-corrected chi connectivity index (χ2v) is 5.07. The number of hydrogen-bond acceptors (Lipinski definition) is 4. The average Bonchev–Trinajstić information content (AvgIpc) is 2.83. The molecule has 0 fully saturated rings. The third-order valence-corrected chi connectivity index (χ3v) is 3.68. The zero-order valence-corrected chi connectivity index (χ0v) is 11.9. The summed E-state index contributed by atoms with van der Waals surface area (Å²) in [5.41, 5.74) is 9.04. The van der Waals surface area contributed by atoms with Crippen molar-refractivity contribution >= 4 is 28.0 Å². The van der Waals surface area contributed by atoms with Crippen molar-refractivity contribution in [1.29, 1.82) is 5.26 Å². The second-order valence-electron chi connectivity index (χ2n) is 5.07. The van der Waals surface area contributed by atoms with E-state index in [0.29, 0.717) is 27.9 Å². The number of nitrogen functional groups attached to an aromatic ring is 1. The number of nitriles is 1. The predicted molar refractivity (Wildman–Crippen MR) is 85.5 cm³/mol. The van der Waals surface area contributed by atoms with Gasteiger partial charge in [-0.2, -0.15) is 5.26 Å². The lowest BCUT2D eigenvalue weighted by atomic mass is 10.2. The van der Waals surface area contributed by atoms with Gasteiger partial charge in [0, 0.05) is 0 Å². The molecule has 2 heterocycles. The van der Waals surface area contributed by atoms with Crippen LogP contribution in [-0.2, 0) is 0 Å². The van der Waals surface area contributed by atoms with E-state index in [0.717, 1.165) is 0 Å². The molecule has 2 aromatic carbocycles. The van der Waals surface area contributed by atoms with Crippen molar-refractivity contribution in [3.63, 3.8) is 0 Å². The van der Waals surface area contributed by atoms with Crippen molar-refractivity contribution in [1.82, 2.24) is 14.5 Å². The van der Waals surface area contributed by atoms with Crippen LogP contribution in [0.5, 0.6) is 0 Å². The summed E-state index contributed by atoms with van der Waals surface area (Å²) >= 11 is 0. The fraction of sp³-hybridized carbons (Fsp3) is 0. The Morgan fingerprint density at radius 2 is 1.78 bits per heavy atom. The topological polar surface area (TPSA) is 80.5 Å². The zero-order chi connectivity index (χ0) is 16.0. The van der Waals surface area contributed by atoms with E-state index in [-0.39, 0.29) is 11.4 Å². The number of fused-ring (bicyclic) bond motifs is 2. The lowest BCUT2D eigenvalue weighted by Crippen LogP contribution is -2.02. The van der Waals surface area contributed by atoms with E-state index < -0.39 is 5.82 Å². The summed E-state index contributed by atoms with van der Waals surface area (Å²) in [5, 5.41) is 9.42. The van der Waals surface area contributed by atoms with Crippen LogP contribution in [0.1, 0.15) is 5.56 Å². The standard InChI is InChI=1S/C17H10FN5/c18-10-4-3-5-11(8-10)23-16(20)12(9-19)15-17(23)22-14-7-2-1-6-13(14)21-15/h1-8H,20H2. The number of aromatic nitrogens is 3. The van der Waals surface area contributed by atoms with Gasteiger partial charge in [0.25, 0.3) is 0 Å². The van der Waals surface area contributed by atoms with E-state index in [4.69, 9.17) is 5.73 Å². The van der Waals surface area contributed by atoms with Gasteiger partial charge in [0.2, 0.25) is 0 Å². The molecule has 6 heteroatoms. The molecule has 0 aliphatic heterocycles. The molecule has 0 saturated carbocycles. The van der Waals surface area contributed by atoms with Crippen LogP contribution >= 0.6 is 0 Å². The van der Waals surface area contributed by atoms with Crippen LogP contribution < -0.4 is 5.73 Å². The SMILES string of the molecule is N#Cc1c(N)n(-c2cccc(F)c2)c2nc3ccccc3nc12. The van der Waals surface area contributed by atoms with Crippen molar-refractivity contribution in [2.75, 3.05) is 5.73 Å². The van der Waals surface area contributed by atoms with Crippen molar-refractivity contribution in [3.05, 3.63) is 59.9 Å². The van der Waals surface area contributed by atoms with Gasteiger partial charge in [0.1, 0.15) is 28.8 Å². The number of anilines is 1. The minimum atomic E-state index is -0.393. The first-order chi connectivity index (χ1) is 11.2. The summed E-state index contributed by atoms with van der Waals surface area (Å²) in [6, 6.07) is 15.4. The van der Waals surface area contributed by atoms with Crippen molar-refractivity contribution < 1.29 is 4.39 Å². The van der Waals surface area contributed by atoms with Crippen molar-refractivity contribution in [2.45, 2.75) is 0 Å². The minimum absolute atomic E-state index is 0.198. The van der Waals surface area contributed by atoms with Crippen LogP contribution in [0.15, 0.2) is 48.5 Å². The second kappa shape index (κ2) is 4.78. The van der Waals surface area contributed by atoms with Gasteiger partial charge in [-0.25, -0.2) is 14.4 Å². The molecule has 0 spiro atoms. The van der Waals surface area contributed by atoms with E-state index >= 15 is 0 Å². The van der Waals surface area contributed by atoms with E-state index in [9.17, 15) is 9.65 Å². The Morgan fingerprint density at radius 1 is 1.04 bits per heavy atom. The summed E-state index contributed by atoms with van der Waals surface area (Å²) < 4.78 is 15.1. The first kappa shape index (κ1) is 13.2. The molecule has 0 amide bonds. The molecular weight excluding hydrogens is 293 g/mol. The van der Waals surface area contributed by atoms with Crippen LogP contribution in [0.25, 0.3) is 27.9 Å². The van der Waals surface area contributed by atoms with Gasteiger partial charge in [-0.3, -0.25) is 4.57 Å². The molecule has 0 saturated heterocycles. The normalized spacial score (nSPS) is 11.0. The Balaban J connectivity index is 2.17. The Hall–Kier alpha value is -3.46. The molecule has 23 heavy (non-hydrogen) atoms. The van der Waals surface area contributed by atoms with Gasteiger partial charge < -0.3 is 5.73 Å². The predicted octanol–water partition coefficient (Wildman–Crippen LogP) is 3.17. The fourth-order valence-electron chi connectivity index (χ4n) is 2.65. The molecule has 0 atom stereocenters. The van der Waals surface area contributed by atoms with E-state index in [1.807, 2.05) is 24.3 Å². The number of para-hydroxylation sites is 2. The summed E-state index contributed by atoms with van der Waals surface area (Å²) in [6.07, 6.45) is 0. The first-order valence-electron chi connectivity index (χ1n) is 6.92. The van der Waals surface area contributed by atoms with Gasteiger partial charge in [-0.05, 0) is 30.3 Å². The smallest absolute Gasteiger partial charge is 0.167 e. The monoisotopic (exact) mass is 303 g/mol. The lowest BCUT2D eigenvalue weighted by Gasteiger charge is -2.07. The third kappa shape index (κ3) is 1.91. The third-order valence-electron chi connectivity index (χ3n) is 3.68. The molecule has 110 valence electrons. The fourth-order valence-corrected chi connectivity index (χ4v) is 2.65. The Labute approximate surface area is 130 Å². The van der Waals surface area contributed by atoms with E-state index in [1.165, 1.54) is 12.1 Å². The maximum atomic E-state index is 13.6. The first-order valence-corrected chi connectivity index (χ1v) is 6.92. The van der Waals surface area contributed by atoms with Gasteiger partial charge in [0.15, 0.2) is 5.65 Å². The summed E-state index contributed by atoms with van der Waals surface area (Å²) in [5.74, 6) is -0.195. The molecule has 2 aromatic heterocycles. The van der Waals surface area contributed by atoms with Crippen LogP contribution in [0.3, 0.4) is 0 Å². The summed E-state index contributed by atoms with van der Waals surface area (Å²) in [4.78, 5) is 9.06. The number of nitrogens with zero attached hydrogens (tertiary/aromatic N) is 4. The minimum Gasteiger partial charge on any atom is -0.384 e. The summed E-state index contributed by atoms with van der Waals surface area (Å²) in [7, 11) is 0. The van der Waals surface area contributed by atoms with Gasteiger partial charge in [-0.15, -0.1) is 0 Å². The number of halogens is 1. The molecule has 2 N–H and O–H groups in total. The maximum Gasteiger partial charge on any atom is 0.167 e. The van der Waals surface area contributed by atoms with Crippen LogP contribution in [-0.4, -0.2) is 14.5 Å². The Kier molecular flexibility index (Phi) is 2.75. The highest BCUT2D eigenvalue weighted by Gasteiger charge is 2.19. The van der Waals surface area contributed by atoms with Gasteiger partial charge in [-0.1, -0.05) is 18.2 Å². The van der Waals surface area contributed by atoms with Crippen LogP contribution in [0.4, 0.5) is 10.2 Å². The average molecular weight is 303 g/mol. The molecular formula is C17H10FN5. The molecule has 0 aliphatic rings. The largest absolute Gasteiger partial charge is 0.384 e. The molecule has 0 unspecified atom stereocenters. The highest BCUT2D eigenvalue weighted by atomic mass is 19.1. The number of hydrogen-bond donors (Lipinski definition) is 1. The zero-order valence-electron chi connectivity index (χ0n) is 11.9. The Bertz CT molecular complexity index is 1110. The van der Waals surface area contributed by atoms with Gasteiger partial charge >= 0.3 is 0 Å². The van der Waals surface area contributed by atoms with Crippen molar-refractivity contribution in [2.24, 2.45) is 0 Å².